The maximum Gasteiger partial charge on any atom is 0.164 e. The molecule has 0 spiro atoms. The Bertz CT molecular complexity index is 2870. The second-order valence-electron chi connectivity index (χ2n) is 17.9. The van der Waals surface area contributed by atoms with E-state index in [0.717, 1.165) is 67.8 Å². The van der Waals surface area contributed by atoms with Gasteiger partial charge in [-0.05, 0) is 130 Å². The number of rotatable bonds is 8. The molecule has 2 aliphatic rings. The van der Waals surface area contributed by atoms with Crippen molar-refractivity contribution in [1.82, 2.24) is 15.0 Å². The number of aromatic nitrogens is 3. The van der Waals surface area contributed by atoms with Crippen molar-refractivity contribution in [3.63, 3.8) is 0 Å². The molecular formula is C58H47N5. The lowest BCUT2D eigenvalue weighted by Gasteiger charge is -2.50. The van der Waals surface area contributed by atoms with E-state index in [1.54, 1.807) is 0 Å². The van der Waals surface area contributed by atoms with E-state index < -0.39 is 0 Å². The Labute approximate surface area is 370 Å². The zero-order valence-corrected chi connectivity index (χ0v) is 35.7. The highest BCUT2D eigenvalue weighted by Gasteiger charge is 2.45. The Hall–Kier alpha value is -7.47. The number of nitriles is 2. The zero-order valence-electron chi connectivity index (χ0n) is 35.7. The number of hydrogen-bond acceptors (Lipinski definition) is 5. The Morgan fingerprint density at radius 2 is 0.746 bits per heavy atom. The van der Waals surface area contributed by atoms with E-state index in [9.17, 15) is 10.5 Å². The van der Waals surface area contributed by atoms with Gasteiger partial charge >= 0.3 is 0 Å². The molecule has 0 saturated heterocycles. The first kappa shape index (κ1) is 39.7. The summed E-state index contributed by atoms with van der Waals surface area (Å²) in [5.74, 6) is 4.13. The van der Waals surface area contributed by atoms with E-state index in [0.29, 0.717) is 34.0 Å². The first-order chi connectivity index (χ1) is 30.8. The van der Waals surface area contributed by atoms with Gasteiger partial charge in [-0.15, -0.1) is 0 Å². The van der Waals surface area contributed by atoms with Gasteiger partial charge in [0.05, 0.1) is 23.3 Å². The van der Waals surface area contributed by atoms with Gasteiger partial charge in [0, 0.05) is 16.7 Å². The van der Waals surface area contributed by atoms with Crippen molar-refractivity contribution >= 4 is 0 Å². The van der Waals surface area contributed by atoms with Crippen LogP contribution in [0.3, 0.4) is 0 Å². The van der Waals surface area contributed by atoms with Crippen molar-refractivity contribution in [2.24, 2.45) is 17.8 Å². The quantitative estimate of drug-likeness (QED) is 0.152. The zero-order chi connectivity index (χ0) is 42.9. The molecule has 2 bridgehead atoms. The van der Waals surface area contributed by atoms with Crippen LogP contribution in [0.4, 0.5) is 0 Å². The molecule has 0 amide bonds. The molecule has 1 heterocycles. The van der Waals surface area contributed by atoms with Gasteiger partial charge in [0.15, 0.2) is 17.5 Å². The maximum absolute atomic E-state index is 9.46. The summed E-state index contributed by atoms with van der Waals surface area (Å²) in [5.41, 5.74) is 14.2. The lowest BCUT2D eigenvalue weighted by molar-refractivity contribution is 0.0780. The molecule has 5 nitrogen and oxygen atoms in total. The van der Waals surface area contributed by atoms with E-state index >= 15 is 0 Å². The monoisotopic (exact) mass is 813 g/mol. The fourth-order valence-corrected chi connectivity index (χ4v) is 10.8. The molecule has 10 rings (SSSR count). The molecule has 304 valence electrons. The van der Waals surface area contributed by atoms with Gasteiger partial charge in [-0.3, -0.25) is 0 Å². The van der Waals surface area contributed by atoms with Crippen molar-refractivity contribution in [3.05, 3.63) is 187 Å². The predicted molar refractivity (Wildman–Crippen MR) is 254 cm³/mol. The number of benzene rings is 7. The molecule has 0 radical (unpaired) electrons. The average molecular weight is 814 g/mol. The van der Waals surface area contributed by atoms with Crippen LogP contribution >= 0.6 is 0 Å². The molecule has 5 heteroatoms. The summed E-state index contributed by atoms with van der Waals surface area (Å²) in [6.07, 6.45) is 6.78. The molecule has 8 aromatic rings. The Morgan fingerprint density at radius 3 is 1.16 bits per heavy atom. The summed E-state index contributed by atoms with van der Waals surface area (Å²) in [7, 11) is 0. The second-order valence-corrected chi connectivity index (χ2v) is 17.9. The van der Waals surface area contributed by atoms with Crippen LogP contribution in [-0.4, -0.2) is 15.0 Å². The van der Waals surface area contributed by atoms with E-state index in [1.165, 1.54) is 48.8 Å². The standard InChI is InChI=1S/C58H47N5/c1-38-31-42-32-39(2)34-58(33-38,35-42)50-29-27-46(28-30-50)44-21-19-43(20-22-44)45-23-25-49(26-24-45)55-61-56(53-9-5-3-7-51(53)47-15-11-40(36-59)12-16-47)63-57(62-55)54-10-6-4-8-52(54)48-17-13-41(37-60)14-18-48/h3-30,38-39,42H,31-35H2,1-2H3/t38-,39+,42-,58?. The van der Waals surface area contributed by atoms with Crippen molar-refractivity contribution in [3.8, 4) is 90.8 Å². The summed E-state index contributed by atoms with van der Waals surface area (Å²) >= 11 is 0. The third kappa shape index (κ3) is 7.96. The first-order valence-corrected chi connectivity index (χ1v) is 22.1. The fraction of sp³-hybridized carbons (Fsp3) is 0.190. The Morgan fingerprint density at radius 1 is 0.397 bits per heavy atom. The SMILES string of the molecule is C[C@@H]1C[C@@H]2C[C@H](C)CC(c3ccc(-c4ccc(-c5ccc(-c6nc(-c7ccccc7-c7ccc(C#N)cc7)nc(-c7ccccc7-c7ccc(C#N)cc7)n6)cc5)cc4)cc3)(C1)C2. The van der Waals surface area contributed by atoms with Crippen LogP contribution in [0.5, 0.6) is 0 Å². The minimum atomic E-state index is 0.340. The summed E-state index contributed by atoms with van der Waals surface area (Å²) in [6.45, 7) is 4.92. The van der Waals surface area contributed by atoms with Gasteiger partial charge < -0.3 is 0 Å². The first-order valence-electron chi connectivity index (χ1n) is 22.1. The van der Waals surface area contributed by atoms with Gasteiger partial charge in [-0.1, -0.05) is 159 Å². The lowest BCUT2D eigenvalue weighted by Crippen LogP contribution is -2.42. The molecule has 0 aliphatic heterocycles. The van der Waals surface area contributed by atoms with Crippen molar-refractivity contribution < 1.29 is 0 Å². The van der Waals surface area contributed by atoms with Crippen molar-refractivity contribution in [2.45, 2.75) is 51.4 Å². The van der Waals surface area contributed by atoms with Crippen LogP contribution in [-0.2, 0) is 5.41 Å². The predicted octanol–water partition coefficient (Wildman–Crippen LogP) is 14.4. The third-order valence-electron chi connectivity index (χ3n) is 13.4. The molecule has 0 N–H and O–H groups in total. The number of nitrogens with zero attached hydrogens (tertiary/aromatic N) is 5. The third-order valence-corrected chi connectivity index (χ3v) is 13.4. The summed E-state index contributed by atoms with van der Waals surface area (Å²) in [4.78, 5) is 15.4. The molecule has 1 unspecified atom stereocenters. The van der Waals surface area contributed by atoms with Gasteiger partial charge in [-0.25, -0.2) is 15.0 Å². The largest absolute Gasteiger partial charge is 0.208 e. The van der Waals surface area contributed by atoms with E-state index in [-0.39, 0.29) is 0 Å². The summed E-state index contributed by atoms with van der Waals surface area (Å²) < 4.78 is 0. The minimum Gasteiger partial charge on any atom is -0.208 e. The molecular weight excluding hydrogens is 767 g/mol. The minimum absolute atomic E-state index is 0.340. The highest BCUT2D eigenvalue weighted by molar-refractivity contribution is 5.85. The maximum atomic E-state index is 9.46. The number of hydrogen-bond donors (Lipinski definition) is 0. The lowest BCUT2D eigenvalue weighted by atomic mass is 9.54. The summed E-state index contributed by atoms with van der Waals surface area (Å²) in [5, 5.41) is 18.9. The highest BCUT2D eigenvalue weighted by Crippen LogP contribution is 2.54. The van der Waals surface area contributed by atoms with Crippen molar-refractivity contribution in [1.29, 1.82) is 10.5 Å². The second kappa shape index (κ2) is 16.8. The van der Waals surface area contributed by atoms with Gasteiger partial charge in [0.2, 0.25) is 0 Å². The van der Waals surface area contributed by atoms with Crippen LogP contribution in [0.15, 0.2) is 170 Å². The van der Waals surface area contributed by atoms with Crippen LogP contribution in [0, 0.1) is 40.4 Å². The molecule has 63 heavy (non-hydrogen) atoms. The van der Waals surface area contributed by atoms with Crippen LogP contribution in [0.2, 0.25) is 0 Å². The highest BCUT2D eigenvalue weighted by atomic mass is 15.0. The molecule has 2 fully saturated rings. The van der Waals surface area contributed by atoms with E-state index in [4.69, 9.17) is 15.0 Å². The Balaban J connectivity index is 0.977. The summed E-state index contributed by atoms with van der Waals surface area (Å²) in [6, 6.07) is 62.7. The van der Waals surface area contributed by atoms with Crippen LogP contribution in [0.1, 0.15) is 62.6 Å². The topological polar surface area (TPSA) is 86.2 Å². The van der Waals surface area contributed by atoms with Gasteiger partial charge in [0.1, 0.15) is 0 Å². The average Bonchev–Trinajstić information content (AvgIpc) is 3.33. The van der Waals surface area contributed by atoms with Gasteiger partial charge in [-0.2, -0.15) is 10.5 Å². The molecule has 4 atom stereocenters. The molecule has 2 saturated carbocycles. The molecule has 7 aromatic carbocycles. The smallest absolute Gasteiger partial charge is 0.164 e. The van der Waals surface area contributed by atoms with Gasteiger partial charge in [0.25, 0.3) is 0 Å². The fourth-order valence-electron chi connectivity index (χ4n) is 10.8. The molecule has 2 aliphatic carbocycles. The van der Waals surface area contributed by atoms with Crippen LogP contribution in [0.25, 0.3) is 78.7 Å². The van der Waals surface area contributed by atoms with E-state index in [2.05, 4.69) is 111 Å². The Kier molecular flexibility index (Phi) is 10.6. The number of fused-ring (bicyclic) bond motifs is 2. The van der Waals surface area contributed by atoms with Crippen molar-refractivity contribution in [2.75, 3.05) is 0 Å². The molecule has 1 aromatic heterocycles. The van der Waals surface area contributed by atoms with E-state index in [1.807, 2.05) is 84.9 Å². The normalized spacial score (nSPS) is 19.1. The van der Waals surface area contributed by atoms with Crippen LogP contribution < -0.4 is 0 Å².